The lowest BCUT2D eigenvalue weighted by Crippen LogP contribution is -2.21. The first kappa shape index (κ1) is 12.9. The van der Waals surface area contributed by atoms with Gasteiger partial charge in [0.05, 0.1) is 12.1 Å². The monoisotopic (exact) mass is 279 g/mol. The van der Waals surface area contributed by atoms with Crippen LogP contribution in [0.1, 0.15) is 30.0 Å². The topological polar surface area (TPSA) is 12.5 Å². The van der Waals surface area contributed by atoms with Crippen molar-refractivity contribution in [1.29, 1.82) is 0 Å². The zero-order valence-electron chi connectivity index (χ0n) is 12.8. The number of fused-ring (bicyclic) bond motifs is 7. The molecule has 2 aliphatic carbocycles. The van der Waals surface area contributed by atoms with Gasteiger partial charge in [-0.25, -0.2) is 0 Å². The third kappa shape index (κ3) is 1.75. The molecule has 2 bridgehead atoms. The normalized spacial score (nSPS) is 33.0. The van der Waals surface area contributed by atoms with Crippen LogP contribution in [0.3, 0.4) is 0 Å². The molecule has 2 nitrogen and oxygen atoms in total. The van der Waals surface area contributed by atoms with E-state index in [0.717, 1.165) is 0 Å². The van der Waals surface area contributed by atoms with Gasteiger partial charge in [0.15, 0.2) is 0 Å². The summed E-state index contributed by atoms with van der Waals surface area (Å²) in [6, 6.07) is 9.39. The Balaban J connectivity index is 1.93. The molecule has 4 rings (SSSR count). The van der Waals surface area contributed by atoms with Gasteiger partial charge in [0, 0.05) is 26.3 Å². The van der Waals surface area contributed by atoms with Crippen molar-refractivity contribution < 1.29 is 4.74 Å². The van der Waals surface area contributed by atoms with E-state index in [9.17, 15) is 0 Å². The molecule has 21 heavy (non-hydrogen) atoms. The lowest BCUT2D eigenvalue weighted by Gasteiger charge is -2.27. The molecule has 0 radical (unpaired) electrons. The van der Waals surface area contributed by atoms with Crippen LogP contribution >= 0.6 is 0 Å². The number of ether oxygens (including phenoxy) is 1. The molecule has 0 amide bonds. The highest BCUT2D eigenvalue weighted by atomic mass is 16.5. The van der Waals surface area contributed by atoms with Crippen LogP contribution in [0.25, 0.3) is 0 Å². The number of methoxy groups -OCH3 is 1. The fraction of sp³-hybridized carbons (Fsp3) is 0.368. The summed E-state index contributed by atoms with van der Waals surface area (Å²) >= 11 is 0. The van der Waals surface area contributed by atoms with Gasteiger partial charge < -0.3 is 9.64 Å². The van der Waals surface area contributed by atoms with Crippen LogP contribution in [0, 0.1) is 5.92 Å². The van der Waals surface area contributed by atoms with Gasteiger partial charge in [-0.1, -0.05) is 43.3 Å². The maximum Gasteiger partial charge on any atom is 0.0943 e. The van der Waals surface area contributed by atoms with Crippen LogP contribution in [-0.4, -0.2) is 25.2 Å². The van der Waals surface area contributed by atoms with E-state index >= 15 is 0 Å². The van der Waals surface area contributed by atoms with Gasteiger partial charge in [-0.2, -0.15) is 0 Å². The summed E-state index contributed by atoms with van der Waals surface area (Å²) in [6.07, 6.45) is 9.05. The van der Waals surface area contributed by atoms with Gasteiger partial charge >= 0.3 is 0 Å². The average Bonchev–Trinajstić information content (AvgIpc) is 2.73. The van der Waals surface area contributed by atoms with Crippen molar-refractivity contribution in [2.45, 2.75) is 25.0 Å². The standard InChI is InChI=1S/C19H21NO/c1-12-18-15-6-4-5-7-16(15)19(12)20(2)11-13-8-9-14(21-3)10-17(13)18/h4-12,14,18-19H,1-3H3. The predicted molar refractivity (Wildman–Crippen MR) is 85.0 cm³/mol. The molecule has 1 aliphatic heterocycles. The lowest BCUT2D eigenvalue weighted by molar-refractivity contribution is 0.175. The second-order valence-electron chi connectivity index (χ2n) is 6.34. The van der Waals surface area contributed by atoms with Gasteiger partial charge in [-0.05, 0) is 34.3 Å². The minimum Gasteiger partial charge on any atom is -0.373 e. The molecule has 1 aromatic carbocycles. The summed E-state index contributed by atoms with van der Waals surface area (Å²) in [4.78, 5) is 2.39. The van der Waals surface area contributed by atoms with E-state index in [2.05, 4.69) is 67.6 Å². The largest absolute Gasteiger partial charge is 0.373 e. The molecule has 0 aromatic heterocycles. The molecular formula is C19H21NO. The van der Waals surface area contributed by atoms with E-state index in [-0.39, 0.29) is 6.10 Å². The Kier molecular flexibility index (Phi) is 2.83. The summed E-state index contributed by atoms with van der Waals surface area (Å²) in [5.41, 5.74) is 5.73. The van der Waals surface area contributed by atoms with Gasteiger partial charge in [-0.3, -0.25) is 0 Å². The Morgan fingerprint density at radius 3 is 2.67 bits per heavy atom. The summed E-state index contributed by atoms with van der Waals surface area (Å²) in [5, 5.41) is 0. The number of allylic oxidation sites excluding steroid dienone is 3. The molecule has 1 heterocycles. The van der Waals surface area contributed by atoms with Crippen LogP contribution in [-0.2, 0) is 4.74 Å². The predicted octanol–water partition coefficient (Wildman–Crippen LogP) is 3.80. The van der Waals surface area contributed by atoms with Crippen molar-refractivity contribution in [3.05, 3.63) is 71.0 Å². The van der Waals surface area contributed by atoms with Crippen molar-refractivity contribution in [1.82, 2.24) is 4.90 Å². The van der Waals surface area contributed by atoms with Crippen molar-refractivity contribution in [2.24, 2.45) is 5.92 Å². The lowest BCUT2D eigenvalue weighted by atomic mass is 9.80. The maximum atomic E-state index is 5.53. The summed E-state index contributed by atoms with van der Waals surface area (Å²) in [7, 11) is 3.98. The molecule has 4 unspecified atom stereocenters. The maximum absolute atomic E-state index is 5.53. The summed E-state index contributed by atoms with van der Waals surface area (Å²) in [6.45, 7) is 2.38. The van der Waals surface area contributed by atoms with Gasteiger partial charge in [0.1, 0.15) is 0 Å². The first-order valence-corrected chi connectivity index (χ1v) is 7.66. The first-order valence-electron chi connectivity index (χ1n) is 7.66. The highest BCUT2D eigenvalue weighted by Crippen LogP contribution is 2.54. The minimum absolute atomic E-state index is 0.0963. The molecule has 3 aliphatic rings. The van der Waals surface area contributed by atoms with E-state index in [1.807, 2.05) is 0 Å². The summed E-state index contributed by atoms with van der Waals surface area (Å²) < 4.78 is 5.53. The Morgan fingerprint density at radius 1 is 1.14 bits per heavy atom. The number of rotatable bonds is 1. The fourth-order valence-corrected chi connectivity index (χ4v) is 4.32. The van der Waals surface area contributed by atoms with E-state index in [1.54, 1.807) is 7.11 Å². The Labute approximate surface area is 126 Å². The minimum atomic E-state index is 0.0963. The zero-order valence-corrected chi connectivity index (χ0v) is 12.8. The molecule has 1 aromatic rings. The van der Waals surface area contributed by atoms with Crippen molar-refractivity contribution in [3.8, 4) is 0 Å². The van der Waals surface area contributed by atoms with Crippen LogP contribution < -0.4 is 0 Å². The van der Waals surface area contributed by atoms with Gasteiger partial charge in [0.2, 0.25) is 0 Å². The summed E-state index contributed by atoms with van der Waals surface area (Å²) in [5.74, 6) is 1.06. The molecule has 0 saturated heterocycles. The molecule has 4 atom stereocenters. The van der Waals surface area contributed by atoms with Crippen LogP contribution in [0.4, 0.5) is 0 Å². The number of hydrogen-bond donors (Lipinski definition) is 0. The van der Waals surface area contributed by atoms with E-state index in [0.29, 0.717) is 17.9 Å². The zero-order chi connectivity index (χ0) is 14.6. The SMILES string of the molecule is COC1C=CC2=CN(C)C3c4ccccc4C(C2=C1)C3C. The highest BCUT2D eigenvalue weighted by molar-refractivity contribution is 5.56. The molecule has 2 heteroatoms. The highest BCUT2D eigenvalue weighted by Gasteiger charge is 2.43. The van der Waals surface area contributed by atoms with E-state index in [4.69, 9.17) is 4.74 Å². The third-order valence-corrected chi connectivity index (χ3v) is 5.20. The van der Waals surface area contributed by atoms with Gasteiger partial charge in [0.25, 0.3) is 0 Å². The van der Waals surface area contributed by atoms with Crippen LogP contribution in [0.5, 0.6) is 0 Å². The van der Waals surface area contributed by atoms with Crippen LogP contribution in [0.15, 0.2) is 59.8 Å². The fourth-order valence-electron chi connectivity index (χ4n) is 4.32. The number of nitrogens with zero attached hydrogens (tertiary/aromatic N) is 1. The molecule has 108 valence electrons. The third-order valence-electron chi connectivity index (χ3n) is 5.20. The van der Waals surface area contributed by atoms with Crippen molar-refractivity contribution in [3.63, 3.8) is 0 Å². The molecular weight excluding hydrogens is 258 g/mol. The van der Waals surface area contributed by atoms with E-state index in [1.165, 1.54) is 22.3 Å². The van der Waals surface area contributed by atoms with Crippen LogP contribution in [0.2, 0.25) is 0 Å². The van der Waals surface area contributed by atoms with Crippen molar-refractivity contribution >= 4 is 0 Å². The number of hydrogen-bond acceptors (Lipinski definition) is 2. The molecule has 0 saturated carbocycles. The quantitative estimate of drug-likeness (QED) is 0.775. The second-order valence-corrected chi connectivity index (χ2v) is 6.34. The Bertz CT molecular complexity index is 670. The smallest absolute Gasteiger partial charge is 0.0943 e. The Morgan fingerprint density at radius 2 is 1.90 bits per heavy atom. The average molecular weight is 279 g/mol. The Hall–Kier alpha value is -1.80. The van der Waals surface area contributed by atoms with E-state index < -0.39 is 0 Å². The molecule has 0 spiro atoms. The molecule has 0 fully saturated rings. The van der Waals surface area contributed by atoms with Gasteiger partial charge in [-0.15, -0.1) is 0 Å². The second kappa shape index (κ2) is 4.60. The number of benzene rings is 1. The first-order chi connectivity index (χ1) is 10.2. The molecule has 0 N–H and O–H groups in total. The van der Waals surface area contributed by atoms with Crippen molar-refractivity contribution in [2.75, 3.05) is 14.2 Å².